The largest absolute Gasteiger partial charge is 0.345 e. The number of sulfone groups is 1. The van der Waals surface area contributed by atoms with Crippen LogP contribution in [-0.2, 0) is 9.84 Å². The van der Waals surface area contributed by atoms with Crippen molar-refractivity contribution < 1.29 is 8.42 Å². The molecule has 29 heavy (non-hydrogen) atoms. The number of fused-ring (bicyclic) bond motifs is 3. The molecule has 3 aromatic heterocycles. The van der Waals surface area contributed by atoms with E-state index in [-0.39, 0.29) is 17.6 Å². The maximum Gasteiger partial charge on any atom is 0.179 e. The van der Waals surface area contributed by atoms with Gasteiger partial charge in [0.25, 0.3) is 0 Å². The number of rotatable bonds is 4. The van der Waals surface area contributed by atoms with E-state index < -0.39 is 9.84 Å². The maximum atomic E-state index is 13.0. The van der Waals surface area contributed by atoms with Gasteiger partial charge < -0.3 is 4.98 Å². The normalized spacial score (nSPS) is 20.1. The van der Waals surface area contributed by atoms with Crippen molar-refractivity contribution in [2.24, 2.45) is 5.92 Å². The minimum Gasteiger partial charge on any atom is -0.345 e. The molecule has 7 nitrogen and oxygen atoms in total. The van der Waals surface area contributed by atoms with Crippen LogP contribution in [0.5, 0.6) is 0 Å². The van der Waals surface area contributed by atoms with E-state index in [0.29, 0.717) is 21.1 Å². The molecule has 150 valence electrons. The third kappa shape index (κ3) is 3.11. The highest BCUT2D eigenvalue weighted by atomic mass is 35.5. The molecule has 0 aliphatic heterocycles. The molecule has 1 aromatic carbocycles. The van der Waals surface area contributed by atoms with Gasteiger partial charge in [0.15, 0.2) is 21.1 Å². The van der Waals surface area contributed by atoms with Crippen LogP contribution in [0.2, 0.25) is 5.02 Å². The van der Waals surface area contributed by atoms with Crippen LogP contribution in [-0.4, -0.2) is 38.7 Å². The van der Waals surface area contributed by atoms with Crippen LogP contribution in [0, 0.1) is 12.8 Å². The van der Waals surface area contributed by atoms with E-state index in [2.05, 4.69) is 20.2 Å². The lowest BCUT2D eigenvalue weighted by Crippen LogP contribution is -2.16. The van der Waals surface area contributed by atoms with Crippen molar-refractivity contribution in [1.82, 2.24) is 24.6 Å². The first kappa shape index (κ1) is 18.6. The number of benzene rings is 1. The number of aromatic nitrogens is 5. The second kappa shape index (κ2) is 6.81. The summed E-state index contributed by atoms with van der Waals surface area (Å²) >= 11 is 6.13. The number of hydrogen-bond donors (Lipinski definition) is 1. The smallest absolute Gasteiger partial charge is 0.179 e. The highest BCUT2D eigenvalue weighted by Crippen LogP contribution is 2.39. The lowest BCUT2D eigenvalue weighted by molar-refractivity contribution is 0.549. The standard InChI is InChI=1S/C20H20ClN5O2S/c1-12-15(21)3-2-4-17(12)29(27,28)11-13-5-6-14(9-13)20-25-24-18-10-23-19-16(26(18)20)7-8-22-19/h2-4,7-8,10,13-14,22H,5-6,9,11H2,1H3/t13-,14+/m0/s1. The van der Waals surface area contributed by atoms with E-state index in [1.54, 1.807) is 31.3 Å². The number of H-pyrrole nitrogens is 1. The molecule has 2 atom stereocenters. The summed E-state index contributed by atoms with van der Waals surface area (Å²) in [5, 5.41) is 9.16. The molecule has 5 rings (SSSR count). The number of nitrogens with zero attached hydrogens (tertiary/aromatic N) is 4. The van der Waals surface area contributed by atoms with Crippen LogP contribution in [0.25, 0.3) is 16.8 Å². The van der Waals surface area contributed by atoms with Gasteiger partial charge in [0.1, 0.15) is 5.82 Å². The van der Waals surface area contributed by atoms with E-state index in [9.17, 15) is 8.42 Å². The van der Waals surface area contributed by atoms with Crippen molar-refractivity contribution >= 4 is 38.2 Å². The molecule has 1 N–H and O–H groups in total. The van der Waals surface area contributed by atoms with E-state index in [1.807, 2.05) is 16.7 Å². The summed E-state index contributed by atoms with van der Waals surface area (Å²) in [4.78, 5) is 7.80. The molecule has 0 radical (unpaired) electrons. The van der Waals surface area contributed by atoms with Crippen molar-refractivity contribution in [3.05, 3.63) is 53.1 Å². The first-order chi connectivity index (χ1) is 13.9. The molecular weight excluding hydrogens is 410 g/mol. The van der Waals surface area contributed by atoms with Gasteiger partial charge in [0, 0.05) is 17.1 Å². The van der Waals surface area contributed by atoms with Crippen LogP contribution < -0.4 is 0 Å². The Hall–Kier alpha value is -2.45. The highest BCUT2D eigenvalue weighted by Gasteiger charge is 2.33. The molecule has 0 unspecified atom stereocenters. The average Bonchev–Trinajstić information content (AvgIpc) is 3.40. The van der Waals surface area contributed by atoms with Crippen LogP contribution >= 0.6 is 11.6 Å². The molecule has 0 amide bonds. The Kier molecular flexibility index (Phi) is 4.36. The molecule has 0 saturated heterocycles. The molecule has 3 heterocycles. The Balaban J connectivity index is 1.41. The van der Waals surface area contributed by atoms with E-state index in [4.69, 9.17) is 11.6 Å². The summed E-state index contributed by atoms with van der Waals surface area (Å²) in [7, 11) is -3.40. The molecule has 1 aliphatic rings. The SMILES string of the molecule is Cc1c(Cl)cccc1S(=O)(=O)C[C@H]1CC[C@@H](c2nnc3cnc4[nH]ccc4n23)C1. The molecule has 1 fully saturated rings. The molecule has 1 aliphatic carbocycles. The molecule has 0 spiro atoms. The molecule has 0 bridgehead atoms. The zero-order valence-electron chi connectivity index (χ0n) is 15.8. The van der Waals surface area contributed by atoms with Gasteiger partial charge in [-0.1, -0.05) is 17.7 Å². The third-order valence-electron chi connectivity index (χ3n) is 5.88. The van der Waals surface area contributed by atoms with Gasteiger partial charge in [-0.3, -0.25) is 4.40 Å². The third-order valence-corrected chi connectivity index (χ3v) is 8.31. The highest BCUT2D eigenvalue weighted by molar-refractivity contribution is 7.91. The Bertz CT molecular complexity index is 1330. The van der Waals surface area contributed by atoms with Gasteiger partial charge in [-0.2, -0.15) is 0 Å². The second-order valence-electron chi connectivity index (χ2n) is 7.74. The quantitative estimate of drug-likeness (QED) is 0.530. The first-order valence-electron chi connectivity index (χ1n) is 9.59. The zero-order valence-corrected chi connectivity index (χ0v) is 17.4. The molecule has 1 saturated carbocycles. The summed E-state index contributed by atoms with van der Waals surface area (Å²) in [5.41, 5.74) is 3.05. The van der Waals surface area contributed by atoms with Crippen molar-refractivity contribution in [2.45, 2.75) is 37.0 Å². The van der Waals surface area contributed by atoms with Crippen LogP contribution in [0.1, 0.15) is 36.6 Å². The summed E-state index contributed by atoms with van der Waals surface area (Å²) in [5.74, 6) is 1.26. The number of hydrogen-bond acceptors (Lipinski definition) is 5. The maximum absolute atomic E-state index is 13.0. The van der Waals surface area contributed by atoms with Crippen molar-refractivity contribution in [1.29, 1.82) is 0 Å². The summed E-state index contributed by atoms with van der Waals surface area (Å²) in [6, 6.07) is 7.01. The van der Waals surface area contributed by atoms with Gasteiger partial charge in [-0.15, -0.1) is 10.2 Å². The lowest BCUT2D eigenvalue weighted by Gasteiger charge is -2.13. The molecular formula is C20H20ClN5O2S. The predicted octanol–water partition coefficient (Wildman–Crippen LogP) is 3.93. The minimum absolute atomic E-state index is 0.0827. The number of halogens is 1. The summed E-state index contributed by atoms with van der Waals surface area (Å²) in [6.45, 7) is 1.76. The Morgan fingerprint density at radius 1 is 1.24 bits per heavy atom. The monoisotopic (exact) mass is 429 g/mol. The second-order valence-corrected chi connectivity index (χ2v) is 10.2. The Morgan fingerprint density at radius 3 is 2.97 bits per heavy atom. The minimum atomic E-state index is -3.40. The molecule has 9 heteroatoms. The summed E-state index contributed by atoms with van der Waals surface area (Å²) in [6.07, 6.45) is 6.06. The fraction of sp³-hybridized carbons (Fsp3) is 0.350. The molecule has 4 aromatic rings. The Labute approximate surface area is 173 Å². The fourth-order valence-corrected chi connectivity index (χ4v) is 6.64. The van der Waals surface area contributed by atoms with E-state index in [0.717, 1.165) is 36.3 Å². The van der Waals surface area contributed by atoms with Crippen LogP contribution in [0.15, 0.2) is 41.6 Å². The van der Waals surface area contributed by atoms with E-state index >= 15 is 0 Å². The van der Waals surface area contributed by atoms with Gasteiger partial charge in [-0.25, -0.2) is 13.4 Å². The topological polar surface area (TPSA) is 93.0 Å². The number of aromatic amines is 1. The van der Waals surface area contributed by atoms with Crippen molar-refractivity contribution in [2.75, 3.05) is 5.75 Å². The predicted molar refractivity (Wildman–Crippen MR) is 111 cm³/mol. The van der Waals surface area contributed by atoms with Crippen LogP contribution in [0.4, 0.5) is 0 Å². The zero-order chi connectivity index (χ0) is 20.2. The van der Waals surface area contributed by atoms with Crippen molar-refractivity contribution in [3.8, 4) is 0 Å². The van der Waals surface area contributed by atoms with Gasteiger partial charge in [-0.05, 0) is 55.9 Å². The lowest BCUT2D eigenvalue weighted by atomic mass is 10.1. The van der Waals surface area contributed by atoms with Gasteiger partial charge in [0.05, 0.1) is 22.4 Å². The summed E-state index contributed by atoms with van der Waals surface area (Å²) < 4.78 is 28.0. The van der Waals surface area contributed by atoms with Crippen LogP contribution in [0.3, 0.4) is 0 Å². The Morgan fingerprint density at radius 2 is 2.10 bits per heavy atom. The first-order valence-corrected chi connectivity index (χ1v) is 11.6. The number of nitrogens with one attached hydrogen (secondary N) is 1. The van der Waals surface area contributed by atoms with Gasteiger partial charge in [0.2, 0.25) is 0 Å². The van der Waals surface area contributed by atoms with Gasteiger partial charge >= 0.3 is 0 Å². The van der Waals surface area contributed by atoms with Crippen molar-refractivity contribution in [3.63, 3.8) is 0 Å². The average molecular weight is 430 g/mol. The van der Waals surface area contributed by atoms with E-state index in [1.165, 1.54) is 0 Å². The fourth-order valence-electron chi connectivity index (χ4n) is 4.45.